The Morgan fingerprint density at radius 2 is 1.82 bits per heavy atom. The van der Waals surface area contributed by atoms with E-state index in [-0.39, 0.29) is 0 Å². The van der Waals surface area contributed by atoms with Crippen molar-refractivity contribution >= 4 is 0 Å². The molecule has 0 amide bonds. The molecule has 0 atom stereocenters. The van der Waals surface area contributed by atoms with Crippen LogP contribution in [0.25, 0.3) is 0 Å². The van der Waals surface area contributed by atoms with Gasteiger partial charge in [-0.3, -0.25) is 4.90 Å². The van der Waals surface area contributed by atoms with E-state index in [9.17, 15) is 0 Å². The zero-order valence-electron chi connectivity index (χ0n) is 11.2. The molecular formula is C15H26N2. The van der Waals surface area contributed by atoms with Gasteiger partial charge >= 0.3 is 0 Å². The quantitative estimate of drug-likeness (QED) is 0.749. The Morgan fingerprint density at radius 3 is 2.41 bits per heavy atom. The summed E-state index contributed by atoms with van der Waals surface area (Å²) >= 11 is 0. The van der Waals surface area contributed by atoms with Crippen LogP contribution in [0.1, 0.15) is 32.3 Å². The van der Waals surface area contributed by atoms with E-state index in [0.29, 0.717) is 0 Å². The lowest BCUT2D eigenvalue weighted by Crippen LogP contribution is -2.27. The molecule has 0 aromatic heterocycles. The molecular weight excluding hydrogens is 208 g/mol. The van der Waals surface area contributed by atoms with Gasteiger partial charge in [0.15, 0.2) is 0 Å². The molecule has 17 heavy (non-hydrogen) atoms. The van der Waals surface area contributed by atoms with Gasteiger partial charge < -0.3 is 5.73 Å². The Bertz CT molecular complexity index is 282. The largest absolute Gasteiger partial charge is 0.330 e. The zero-order chi connectivity index (χ0) is 12.5. The van der Waals surface area contributed by atoms with Crippen molar-refractivity contribution in [2.24, 2.45) is 11.7 Å². The van der Waals surface area contributed by atoms with Crippen LogP contribution in [-0.2, 0) is 6.54 Å². The maximum atomic E-state index is 5.60. The predicted octanol–water partition coefficient (Wildman–Crippen LogP) is 2.88. The fourth-order valence-corrected chi connectivity index (χ4v) is 1.87. The van der Waals surface area contributed by atoms with Gasteiger partial charge in [0.05, 0.1) is 0 Å². The van der Waals surface area contributed by atoms with E-state index in [1.54, 1.807) is 0 Å². The molecule has 2 nitrogen and oxygen atoms in total. The molecule has 0 spiro atoms. The lowest BCUT2D eigenvalue weighted by atomic mass is 10.1. The third kappa shape index (κ3) is 6.44. The number of hydrogen-bond donors (Lipinski definition) is 1. The summed E-state index contributed by atoms with van der Waals surface area (Å²) in [5, 5.41) is 0. The average Bonchev–Trinajstić information content (AvgIpc) is 2.34. The van der Waals surface area contributed by atoms with Crippen LogP contribution in [0.2, 0.25) is 0 Å². The van der Waals surface area contributed by atoms with Crippen molar-refractivity contribution in [3.63, 3.8) is 0 Å². The fraction of sp³-hybridized carbons (Fsp3) is 0.600. The summed E-state index contributed by atoms with van der Waals surface area (Å²) in [6.45, 7) is 8.68. The molecule has 2 heteroatoms. The Kier molecular flexibility index (Phi) is 6.90. The van der Waals surface area contributed by atoms with Gasteiger partial charge in [0.1, 0.15) is 0 Å². The molecule has 0 saturated carbocycles. The molecule has 0 saturated heterocycles. The summed E-state index contributed by atoms with van der Waals surface area (Å²) in [6, 6.07) is 10.7. The highest BCUT2D eigenvalue weighted by Crippen LogP contribution is 2.08. The van der Waals surface area contributed by atoms with E-state index in [0.717, 1.165) is 32.0 Å². The molecule has 1 aromatic rings. The van der Waals surface area contributed by atoms with Gasteiger partial charge in [-0.2, -0.15) is 0 Å². The van der Waals surface area contributed by atoms with E-state index < -0.39 is 0 Å². The van der Waals surface area contributed by atoms with Crippen molar-refractivity contribution in [1.29, 1.82) is 0 Å². The predicted molar refractivity (Wildman–Crippen MR) is 74.8 cm³/mol. The van der Waals surface area contributed by atoms with Crippen LogP contribution in [0.5, 0.6) is 0 Å². The van der Waals surface area contributed by atoms with Crippen molar-refractivity contribution < 1.29 is 0 Å². The SMILES string of the molecule is CC(C)CCN(CCCN)Cc1ccccc1. The van der Waals surface area contributed by atoms with Crippen LogP contribution in [0.4, 0.5) is 0 Å². The zero-order valence-corrected chi connectivity index (χ0v) is 11.2. The highest BCUT2D eigenvalue weighted by Gasteiger charge is 2.06. The van der Waals surface area contributed by atoms with Crippen molar-refractivity contribution in [1.82, 2.24) is 4.90 Å². The van der Waals surface area contributed by atoms with Crippen molar-refractivity contribution in [2.75, 3.05) is 19.6 Å². The van der Waals surface area contributed by atoms with E-state index in [2.05, 4.69) is 49.1 Å². The molecule has 0 aliphatic carbocycles. The summed E-state index contributed by atoms with van der Waals surface area (Å²) in [5.41, 5.74) is 7.00. The molecule has 2 N–H and O–H groups in total. The molecule has 0 aliphatic rings. The molecule has 0 radical (unpaired) electrons. The molecule has 0 bridgehead atoms. The monoisotopic (exact) mass is 234 g/mol. The second kappa shape index (κ2) is 8.26. The first-order chi connectivity index (χ1) is 8.22. The number of benzene rings is 1. The van der Waals surface area contributed by atoms with Crippen LogP contribution in [-0.4, -0.2) is 24.5 Å². The molecule has 0 unspecified atom stereocenters. The van der Waals surface area contributed by atoms with Crippen LogP contribution in [0.3, 0.4) is 0 Å². The van der Waals surface area contributed by atoms with Gasteiger partial charge in [0, 0.05) is 6.54 Å². The van der Waals surface area contributed by atoms with Gasteiger partial charge in [-0.1, -0.05) is 44.2 Å². The Morgan fingerprint density at radius 1 is 1.12 bits per heavy atom. The molecule has 0 fully saturated rings. The maximum absolute atomic E-state index is 5.60. The molecule has 0 heterocycles. The lowest BCUT2D eigenvalue weighted by Gasteiger charge is -2.23. The van der Waals surface area contributed by atoms with Crippen LogP contribution in [0.15, 0.2) is 30.3 Å². The summed E-state index contributed by atoms with van der Waals surface area (Å²) < 4.78 is 0. The van der Waals surface area contributed by atoms with E-state index in [1.807, 2.05) is 0 Å². The first-order valence-electron chi connectivity index (χ1n) is 6.68. The fourth-order valence-electron chi connectivity index (χ4n) is 1.87. The van der Waals surface area contributed by atoms with Crippen molar-refractivity contribution in [3.8, 4) is 0 Å². The highest BCUT2D eigenvalue weighted by molar-refractivity contribution is 5.14. The number of nitrogens with zero attached hydrogens (tertiary/aromatic N) is 1. The minimum absolute atomic E-state index is 0.770. The normalized spacial score (nSPS) is 11.4. The minimum atomic E-state index is 0.770. The average molecular weight is 234 g/mol. The Hall–Kier alpha value is -0.860. The standard InChI is InChI=1S/C15H26N2/c1-14(2)9-12-17(11-6-10-16)13-15-7-4-3-5-8-15/h3-5,7-8,14H,6,9-13,16H2,1-2H3. The first kappa shape index (κ1) is 14.2. The Balaban J connectivity index is 2.44. The minimum Gasteiger partial charge on any atom is -0.330 e. The van der Waals surface area contributed by atoms with E-state index in [1.165, 1.54) is 18.5 Å². The highest BCUT2D eigenvalue weighted by atomic mass is 15.1. The van der Waals surface area contributed by atoms with Gasteiger partial charge in [0.2, 0.25) is 0 Å². The smallest absolute Gasteiger partial charge is 0.0233 e. The lowest BCUT2D eigenvalue weighted by molar-refractivity contribution is 0.248. The van der Waals surface area contributed by atoms with Crippen LogP contribution >= 0.6 is 0 Å². The van der Waals surface area contributed by atoms with Crippen LogP contribution < -0.4 is 5.73 Å². The Labute approximate surface area is 106 Å². The number of nitrogens with two attached hydrogens (primary N) is 1. The third-order valence-corrected chi connectivity index (χ3v) is 2.95. The van der Waals surface area contributed by atoms with E-state index >= 15 is 0 Å². The molecule has 1 aromatic carbocycles. The summed E-state index contributed by atoms with van der Waals surface area (Å²) in [7, 11) is 0. The molecule has 0 aliphatic heterocycles. The van der Waals surface area contributed by atoms with Crippen molar-refractivity contribution in [3.05, 3.63) is 35.9 Å². The van der Waals surface area contributed by atoms with Gasteiger partial charge in [-0.15, -0.1) is 0 Å². The van der Waals surface area contributed by atoms with E-state index in [4.69, 9.17) is 5.73 Å². The molecule has 1 rings (SSSR count). The second-order valence-corrected chi connectivity index (χ2v) is 5.09. The maximum Gasteiger partial charge on any atom is 0.0233 e. The first-order valence-corrected chi connectivity index (χ1v) is 6.68. The van der Waals surface area contributed by atoms with Gasteiger partial charge in [-0.25, -0.2) is 0 Å². The van der Waals surface area contributed by atoms with Crippen molar-refractivity contribution in [2.45, 2.75) is 33.2 Å². The summed E-state index contributed by atoms with van der Waals surface area (Å²) in [6.07, 6.45) is 2.35. The molecule has 96 valence electrons. The second-order valence-electron chi connectivity index (χ2n) is 5.09. The third-order valence-electron chi connectivity index (χ3n) is 2.95. The van der Waals surface area contributed by atoms with Gasteiger partial charge in [0.25, 0.3) is 0 Å². The summed E-state index contributed by atoms with van der Waals surface area (Å²) in [4.78, 5) is 2.52. The summed E-state index contributed by atoms with van der Waals surface area (Å²) in [5.74, 6) is 0.770. The van der Waals surface area contributed by atoms with Gasteiger partial charge in [-0.05, 0) is 44.0 Å². The number of rotatable bonds is 8. The topological polar surface area (TPSA) is 29.3 Å². The van der Waals surface area contributed by atoms with Crippen LogP contribution in [0, 0.1) is 5.92 Å². The number of hydrogen-bond acceptors (Lipinski definition) is 2.